The summed E-state index contributed by atoms with van der Waals surface area (Å²) in [5.41, 5.74) is 2.84. The van der Waals surface area contributed by atoms with Gasteiger partial charge in [-0.15, -0.1) is 11.3 Å². The molecule has 3 nitrogen and oxygen atoms in total. The van der Waals surface area contributed by atoms with Gasteiger partial charge in [0.1, 0.15) is 5.69 Å². The molecule has 1 aliphatic carbocycles. The van der Waals surface area contributed by atoms with E-state index < -0.39 is 0 Å². The van der Waals surface area contributed by atoms with Gasteiger partial charge in [-0.3, -0.25) is 4.79 Å². The average molecular weight is 310 g/mol. The largest absolute Gasteiger partial charge is 0.333 e. The van der Waals surface area contributed by atoms with Crippen LogP contribution in [0.3, 0.4) is 0 Å². The zero-order valence-electron chi connectivity index (χ0n) is 12.3. The molecule has 4 rings (SSSR count). The minimum absolute atomic E-state index is 0.0125. The van der Waals surface area contributed by atoms with Crippen LogP contribution in [0.2, 0.25) is 0 Å². The van der Waals surface area contributed by atoms with Crippen molar-refractivity contribution in [1.29, 1.82) is 0 Å². The summed E-state index contributed by atoms with van der Waals surface area (Å²) in [6.07, 6.45) is 4.86. The highest BCUT2D eigenvalue weighted by molar-refractivity contribution is 7.17. The van der Waals surface area contributed by atoms with Crippen molar-refractivity contribution in [2.24, 2.45) is 0 Å². The van der Waals surface area contributed by atoms with Gasteiger partial charge in [0.15, 0.2) is 0 Å². The zero-order valence-corrected chi connectivity index (χ0v) is 13.1. The molecule has 0 aliphatic heterocycles. The molecule has 1 aromatic carbocycles. The lowest BCUT2D eigenvalue weighted by molar-refractivity contribution is 0.101. The van der Waals surface area contributed by atoms with Gasteiger partial charge in [0.2, 0.25) is 0 Å². The maximum Gasteiger partial charge on any atom is 0.272 e. The molecule has 2 aromatic heterocycles. The Morgan fingerprint density at radius 3 is 2.68 bits per heavy atom. The molecule has 0 bridgehead atoms. The van der Waals surface area contributed by atoms with Crippen LogP contribution in [0.5, 0.6) is 0 Å². The van der Waals surface area contributed by atoms with Crippen LogP contribution in [0.15, 0.2) is 47.8 Å². The first-order valence-corrected chi connectivity index (χ1v) is 8.66. The number of hydrogen-bond acceptors (Lipinski definition) is 2. The number of carbonyl (C=O) groups excluding carboxylic acids is 1. The molecule has 0 atom stereocenters. The van der Waals surface area contributed by atoms with E-state index in [1.54, 1.807) is 11.3 Å². The molecule has 2 heterocycles. The van der Waals surface area contributed by atoms with Crippen LogP contribution in [-0.4, -0.2) is 10.5 Å². The van der Waals surface area contributed by atoms with Crippen molar-refractivity contribution in [3.63, 3.8) is 0 Å². The molecule has 112 valence electrons. The molecule has 3 aromatic rings. The number of nitrogens with one attached hydrogen (secondary N) is 1. The van der Waals surface area contributed by atoms with Crippen molar-refractivity contribution >= 4 is 33.1 Å². The van der Waals surface area contributed by atoms with Gasteiger partial charge >= 0.3 is 0 Å². The predicted octanol–water partition coefficient (Wildman–Crippen LogP) is 5.07. The molecule has 4 heteroatoms. The van der Waals surface area contributed by atoms with E-state index in [0.717, 1.165) is 11.4 Å². The summed E-state index contributed by atoms with van der Waals surface area (Å²) < 4.78 is 3.46. The Morgan fingerprint density at radius 2 is 1.91 bits per heavy atom. The lowest BCUT2D eigenvalue weighted by Crippen LogP contribution is -2.19. The van der Waals surface area contributed by atoms with E-state index in [1.165, 1.54) is 35.9 Å². The van der Waals surface area contributed by atoms with E-state index in [4.69, 9.17) is 0 Å². The SMILES string of the molecule is O=C(Nc1ccccc1)c1cc2sccc2n1C1CCCC1. The van der Waals surface area contributed by atoms with Crippen LogP contribution in [0.25, 0.3) is 10.2 Å². The number of carbonyl (C=O) groups is 1. The molecule has 0 unspecified atom stereocenters. The number of hydrogen-bond donors (Lipinski definition) is 1. The number of thiophene rings is 1. The second-order valence-corrected chi connectivity index (χ2v) is 6.78. The van der Waals surface area contributed by atoms with Crippen LogP contribution in [0.1, 0.15) is 42.2 Å². The van der Waals surface area contributed by atoms with Gasteiger partial charge in [-0.25, -0.2) is 0 Å². The summed E-state index contributed by atoms with van der Waals surface area (Å²) in [6.45, 7) is 0. The first-order valence-electron chi connectivity index (χ1n) is 7.78. The number of para-hydroxylation sites is 1. The van der Waals surface area contributed by atoms with Crippen LogP contribution in [0, 0.1) is 0 Å². The Balaban J connectivity index is 1.72. The van der Waals surface area contributed by atoms with E-state index >= 15 is 0 Å². The van der Waals surface area contributed by atoms with Crippen LogP contribution >= 0.6 is 11.3 Å². The fourth-order valence-electron chi connectivity index (χ4n) is 3.39. The Morgan fingerprint density at radius 1 is 1.14 bits per heavy atom. The predicted molar refractivity (Wildman–Crippen MR) is 91.7 cm³/mol. The fraction of sp³-hybridized carbons (Fsp3) is 0.278. The van der Waals surface area contributed by atoms with Crippen molar-refractivity contribution in [3.8, 4) is 0 Å². The molecule has 1 fully saturated rings. The molecule has 1 aliphatic rings. The van der Waals surface area contributed by atoms with E-state index in [2.05, 4.69) is 21.3 Å². The normalized spacial score (nSPS) is 15.5. The second kappa shape index (κ2) is 5.61. The highest BCUT2D eigenvalue weighted by atomic mass is 32.1. The lowest BCUT2D eigenvalue weighted by Gasteiger charge is -2.17. The quantitative estimate of drug-likeness (QED) is 0.720. The summed E-state index contributed by atoms with van der Waals surface area (Å²) in [6, 6.07) is 14.3. The minimum Gasteiger partial charge on any atom is -0.333 e. The van der Waals surface area contributed by atoms with Gasteiger partial charge in [-0.2, -0.15) is 0 Å². The number of nitrogens with zero attached hydrogens (tertiary/aromatic N) is 1. The van der Waals surface area contributed by atoms with Gasteiger partial charge in [0.25, 0.3) is 5.91 Å². The summed E-state index contributed by atoms with van der Waals surface area (Å²) in [4.78, 5) is 12.7. The Labute approximate surface area is 133 Å². The topological polar surface area (TPSA) is 34.0 Å². The fourth-order valence-corrected chi connectivity index (χ4v) is 4.20. The molecular formula is C18H18N2OS. The summed E-state index contributed by atoms with van der Waals surface area (Å²) in [7, 11) is 0. The van der Waals surface area contributed by atoms with E-state index in [-0.39, 0.29) is 5.91 Å². The van der Waals surface area contributed by atoms with Crippen LogP contribution in [0.4, 0.5) is 5.69 Å². The molecule has 22 heavy (non-hydrogen) atoms. The van der Waals surface area contributed by atoms with Crippen molar-refractivity contribution in [2.45, 2.75) is 31.7 Å². The summed E-state index contributed by atoms with van der Waals surface area (Å²) in [5.74, 6) is -0.0125. The number of anilines is 1. The molecule has 1 N–H and O–H groups in total. The van der Waals surface area contributed by atoms with Gasteiger partial charge < -0.3 is 9.88 Å². The average Bonchev–Trinajstić information content (AvgIpc) is 3.24. The Kier molecular flexibility index (Phi) is 3.47. The Hall–Kier alpha value is -2.07. The first-order chi connectivity index (χ1) is 10.8. The van der Waals surface area contributed by atoms with Crippen molar-refractivity contribution in [1.82, 2.24) is 4.57 Å². The number of benzene rings is 1. The summed E-state index contributed by atoms with van der Waals surface area (Å²) >= 11 is 1.70. The third kappa shape index (κ3) is 2.33. The number of rotatable bonds is 3. The van der Waals surface area contributed by atoms with E-state index in [9.17, 15) is 4.79 Å². The highest BCUT2D eigenvalue weighted by Gasteiger charge is 2.24. The maximum absolute atomic E-state index is 12.7. The molecule has 0 saturated heterocycles. The van der Waals surface area contributed by atoms with Gasteiger partial charge in [0.05, 0.1) is 10.2 Å². The van der Waals surface area contributed by atoms with E-state index in [1.807, 2.05) is 36.4 Å². The standard InChI is InChI=1S/C18H18N2OS/c21-18(19-13-6-2-1-3-7-13)16-12-17-15(10-11-22-17)20(16)14-8-4-5-9-14/h1-3,6-7,10-12,14H,4-5,8-9H2,(H,19,21). The molecule has 0 radical (unpaired) electrons. The van der Waals surface area contributed by atoms with Crippen LogP contribution in [-0.2, 0) is 0 Å². The molecule has 1 saturated carbocycles. The zero-order chi connectivity index (χ0) is 14.9. The van der Waals surface area contributed by atoms with Gasteiger partial charge in [0, 0.05) is 11.7 Å². The second-order valence-electron chi connectivity index (χ2n) is 5.83. The number of aromatic nitrogens is 1. The van der Waals surface area contributed by atoms with E-state index in [0.29, 0.717) is 6.04 Å². The molecular weight excluding hydrogens is 292 g/mol. The number of fused-ring (bicyclic) bond motifs is 1. The van der Waals surface area contributed by atoms with Crippen molar-refractivity contribution in [2.75, 3.05) is 5.32 Å². The Bertz CT molecular complexity index is 797. The summed E-state index contributed by atoms with van der Waals surface area (Å²) in [5, 5.41) is 5.12. The third-order valence-electron chi connectivity index (χ3n) is 4.41. The smallest absolute Gasteiger partial charge is 0.272 e. The molecule has 0 spiro atoms. The molecule has 1 amide bonds. The maximum atomic E-state index is 12.7. The van der Waals surface area contributed by atoms with Crippen molar-refractivity contribution < 1.29 is 4.79 Å². The number of amides is 1. The van der Waals surface area contributed by atoms with Crippen molar-refractivity contribution in [3.05, 3.63) is 53.5 Å². The van der Waals surface area contributed by atoms with Crippen LogP contribution < -0.4 is 5.32 Å². The third-order valence-corrected chi connectivity index (χ3v) is 5.27. The first kappa shape index (κ1) is 13.6. The minimum atomic E-state index is -0.0125. The van der Waals surface area contributed by atoms with Gasteiger partial charge in [-0.1, -0.05) is 31.0 Å². The van der Waals surface area contributed by atoms with Gasteiger partial charge in [-0.05, 0) is 42.5 Å². The lowest BCUT2D eigenvalue weighted by atomic mass is 10.2. The monoisotopic (exact) mass is 310 g/mol. The highest BCUT2D eigenvalue weighted by Crippen LogP contribution is 2.36.